The maximum Gasteiger partial charge on any atom is 0.255 e. The van der Waals surface area contributed by atoms with Gasteiger partial charge in [-0.1, -0.05) is 35.3 Å². The highest BCUT2D eigenvalue weighted by Gasteiger charge is 2.11. The van der Waals surface area contributed by atoms with E-state index in [1.807, 2.05) is 6.07 Å². The fraction of sp³-hybridized carbons (Fsp3) is 0. The molecule has 1 N–H and O–H groups in total. The van der Waals surface area contributed by atoms with Crippen molar-refractivity contribution in [1.29, 1.82) is 5.26 Å². The van der Waals surface area contributed by atoms with Crippen LogP contribution in [0.2, 0.25) is 10.0 Å². The number of nitrogens with zero attached hydrogens (tertiary/aromatic N) is 1. The van der Waals surface area contributed by atoms with Gasteiger partial charge in [-0.2, -0.15) is 5.26 Å². The summed E-state index contributed by atoms with van der Waals surface area (Å²) in [4.78, 5) is 12.0. The monoisotopic (exact) mass is 290 g/mol. The van der Waals surface area contributed by atoms with E-state index in [0.29, 0.717) is 26.9 Å². The first-order chi connectivity index (χ1) is 9.11. The Bertz CT molecular complexity index is 657. The van der Waals surface area contributed by atoms with Crippen LogP contribution in [0.4, 0.5) is 5.69 Å². The third-order valence-corrected chi connectivity index (χ3v) is 3.09. The SMILES string of the molecule is N#Cc1cccc(C(=O)Nc2c(Cl)cccc2Cl)c1. The number of carbonyl (C=O) groups is 1. The molecule has 5 heteroatoms. The zero-order valence-corrected chi connectivity index (χ0v) is 11.2. The van der Waals surface area contributed by atoms with E-state index in [0.717, 1.165) is 0 Å². The molecule has 0 spiro atoms. The minimum atomic E-state index is -0.368. The minimum absolute atomic E-state index is 0.359. The lowest BCUT2D eigenvalue weighted by Gasteiger charge is -2.09. The molecule has 0 saturated carbocycles. The number of hydrogen-bond donors (Lipinski definition) is 1. The minimum Gasteiger partial charge on any atom is -0.319 e. The van der Waals surface area contributed by atoms with E-state index in [1.54, 1.807) is 36.4 Å². The van der Waals surface area contributed by atoms with Gasteiger partial charge < -0.3 is 5.32 Å². The summed E-state index contributed by atoms with van der Waals surface area (Å²) in [6.07, 6.45) is 0. The molecule has 0 fully saturated rings. The number of halogens is 2. The zero-order chi connectivity index (χ0) is 13.8. The van der Waals surface area contributed by atoms with E-state index >= 15 is 0 Å². The van der Waals surface area contributed by atoms with Crippen molar-refractivity contribution in [3.05, 3.63) is 63.6 Å². The number of hydrogen-bond acceptors (Lipinski definition) is 2. The van der Waals surface area contributed by atoms with Gasteiger partial charge in [-0.25, -0.2) is 0 Å². The molecule has 3 nitrogen and oxygen atoms in total. The molecule has 94 valence electrons. The van der Waals surface area contributed by atoms with Crippen LogP contribution in [0.5, 0.6) is 0 Å². The van der Waals surface area contributed by atoms with Gasteiger partial charge in [0.25, 0.3) is 5.91 Å². The molecule has 19 heavy (non-hydrogen) atoms. The summed E-state index contributed by atoms with van der Waals surface area (Å²) < 4.78 is 0. The molecule has 1 amide bonds. The van der Waals surface area contributed by atoms with Crippen molar-refractivity contribution < 1.29 is 4.79 Å². The van der Waals surface area contributed by atoms with Crippen molar-refractivity contribution >= 4 is 34.8 Å². The smallest absolute Gasteiger partial charge is 0.255 e. The molecule has 0 aliphatic carbocycles. The van der Waals surface area contributed by atoms with Crippen LogP contribution >= 0.6 is 23.2 Å². The highest BCUT2D eigenvalue weighted by atomic mass is 35.5. The molecule has 2 aromatic rings. The Morgan fingerprint density at radius 3 is 2.37 bits per heavy atom. The molecule has 2 rings (SSSR count). The van der Waals surface area contributed by atoms with E-state index in [1.165, 1.54) is 6.07 Å². The van der Waals surface area contributed by atoms with Gasteiger partial charge in [0.15, 0.2) is 0 Å². The van der Waals surface area contributed by atoms with Crippen molar-refractivity contribution in [1.82, 2.24) is 0 Å². The highest BCUT2D eigenvalue weighted by Crippen LogP contribution is 2.30. The Labute approximate surface area is 120 Å². The predicted octanol–water partition coefficient (Wildman–Crippen LogP) is 4.12. The Hall–Kier alpha value is -2.02. The second kappa shape index (κ2) is 5.75. The maximum absolute atomic E-state index is 12.0. The van der Waals surface area contributed by atoms with Crippen LogP contribution in [0.15, 0.2) is 42.5 Å². The lowest BCUT2D eigenvalue weighted by Crippen LogP contribution is -2.12. The van der Waals surface area contributed by atoms with Crippen LogP contribution in [-0.2, 0) is 0 Å². The fourth-order valence-electron chi connectivity index (χ4n) is 1.53. The van der Waals surface area contributed by atoms with Gasteiger partial charge >= 0.3 is 0 Å². The molecule has 0 bridgehead atoms. The number of nitrogens with one attached hydrogen (secondary N) is 1. The van der Waals surface area contributed by atoms with Crippen LogP contribution in [0.25, 0.3) is 0 Å². The first-order valence-electron chi connectivity index (χ1n) is 5.37. The van der Waals surface area contributed by atoms with Gasteiger partial charge in [-0.3, -0.25) is 4.79 Å². The molecule has 0 heterocycles. The largest absolute Gasteiger partial charge is 0.319 e. The zero-order valence-electron chi connectivity index (χ0n) is 9.65. The van der Waals surface area contributed by atoms with Crippen molar-refractivity contribution in [2.75, 3.05) is 5.32 Å². The third kappa shape index (κ3) is 3.05. The van der Waals surface area contributed by atoms with Gasteiger partial charge in [-0.05, 0) is 30.3 Å². The lowest BCUT2D eigenvalue weighted by atomic mass is 10.1. The molecule has 2 aromatic carbocycles. The fourth-order valence-corrected chi connectivity index (χ4v) is 2.02. The summed E-state index contributed by atoms with van der Waals surface area (Å²) >= 11 is 11.9. The predicted molar refractivity (Wildman–Crippen MR) is 75.6 cm³/mol. The molecule has 0 atom stereocenters. The first kappa shape index (κ1) is 13.4. The van der Waals surface area contributed by atoms with E-state index < -0.39 is 0 Å². The number of rotatable bonds is 2. The second-order valence-electron chi connectivity index (χ2n) is 3.74. The molecule has 0 saturated heterocycles. The van der Waals surface area contributed by atoms with Crippen LogP contribution in [0, 0.1) is 11.3 Å². The topological polar surface area (TPSA) is 52.9 Å². The number of nitriles is 1. The summed E-state index contributed by atoms with van der Waals surface area (Å²) in [7, 11) is 0. The Balaban J connectivity index is 2.29. The van der Waals surface area contributed by atoms with Crippen LogP contribution in [-0.4, -0.2) is 5.91 Å². The first-order valence-corrected chi connectivity index (χ1v) is 6.13. The number of para-hydroxylation sites is 1. The van der Waals surface area contributed by atoms with Gasteiger partial charge in [0.2, 0.25) is 0 Å². The molecule has 0 aromatic heterocycles. The van der Waals surface area contributed by atoms with Crippen molar-refractivity contribution in [3.8, 4) is 6.07 Å². The number of amides is 1. The maximum atomic E-state index is 12.0. The van der Waals surface area contributed by atoms with Crippen LogP contribution in [0.1, 0.15) is 15.9 Å². The van der Waals surface area contributed by atoms with Crippen LogP contribution < -0.4 is 5.32 Å². The average Bonchev–Trinajstić information content (AvgIpc) is 2.43. The lowest BCUT2D eigenvalue weighted by molar-refractivity contribution is 0.102. The number of carbonyl (C=O) groups excluding carboxylic acids is 1. The third-order valence-electron chi connectivity index (χ3n) is 2.46. The second-order valence-corrected chi connectivity index (χ2v) is 4.56. The summed E-state index contributed by atoms with van der Waals surface area (Å²) in [5.74, 6) is -0.368. The van der Waals surface area contributed by atoms with Gasteiger partial charge in [-0.15, -0.1) is 0 Å². The van der Waals surface area contributed by atoms with Crippen LogP contribution in [0.3, 0.4) is 0 Å². The van der Waals surface area contributed by atoms with Crippen molar-refractivity contribution in [3.63, 3.8) is 0 Å². The number of benzene rings is 2. The molecular weight excluding hydrogens is 283 g/mol. The average molecular weight is 291 g/mol. The molecule has 0 radical (unpaired) electrons. The van der Waals surface area contributed by atoms with Crippen molar-refractivity contribution in [2.45, 2.75) is 0 Å². The summed E-state index contributed by atoms with van der Waals surface area (Å²) in [6, 6.07) is 13.3. The quantitative estimate of drug-likeness (QED) is 0.905. The van der Waals surface area contributed by atoms with E-state index in [2.05, 4.69) is 5.32 Å². The van der Waals surface area contributed by atoms with E-state index in [-0.39, 0.29) is 5.91 Å². The summed E-state index contributed by atoms with van der Waals surface area (Å²) in [5, 5.41) is 12.1. The standard InChI is InChI=1S/C14H8Cl2N2O/c15-11-5-2-6-12(16)13(11)18-14(19)10-4-1-3-9(7-10)8-17/h1-7H,(H,18,19). The number of anilines is 1. The molecule has 0 aliphatic heterocycles. The van der Waals surface area contributed by atoms with Crippen molar-refractivity contribution in [2.24, 2.45) is 0 Å². The Morgan fingerprint density at radius 1 is 1.11 bits per heavy atom. The molecule has 0 aliphatic rings. The highest BCUT2D eigenvalue weighted by molar-refractivity contribution is 6.40. The van der Waals surface area contributed by atoms with E-state index in [9.17, 15) is 4.79 Å². The normalized spacial score (nSPS) is 9.74. The van der Waals surface area contributed by atoms with Gasteiger partial charge in [0.1, 0.15) is 0 Å². The Kier molecular flexibility index (Phi) is 4.06. The summed E-state index contributed by atoms with van der Waals surface area (Å²) in [5.41, 5.74) is 1.14. The van der Waals surface area contributed by atoms with Gasteiger partial charge in [0, 0.05) is 5.56 Å². The van der Waals surface area contributed by atoms with Gasteiger partial charge in [0.05, 0.1) is 27.4 Å². The molecule has 0 unspecified atom stereocenters. The molecular formula is C14H8Cl2N2O. The van der Waals surface area contributed by atoms with E-state index in [4.69, 9.17) is 28.5 Å². The summed E-state index contributed by atoms with van der Waals surface area (Å²) in [6.45, 7) is 0. The Morgan fingerprint density at radius 2 is 1.74 bits per heavy atom.